The largest absolute Gasteiger partial charge is 0.324 e. The second kappa shape index (κ2) is 2.91. The normalized spacial score (nSPS) is 29.8. The molecule has 3 atom stereocenters. The Morgan fingerprint density at radius 1 is 1.33 bits per heavy atom. The first-order chi connectivity index (χ1) is 5.79. The molecule has 2 N–H and O–H groups in total. The van der Waals surface area contributed by atoms with E-state index in [1.165, 1.54) is 12.0 Å². The minimum Gasteiger partial charge on any atom is -0.324 e. The predicted molar refractivity (Wildman–Crippen MR) is 50.6 cm³/mol. The minimum absolute atomic E-state index is 0.265. The maximum absolute atomic E-state index is 6.09. The Kier molecular flexibility index (Phi) is 1.89. The van der Waals surface area contributed by atoms with Crippen LogP contribution in [-0.4, -0.2) is 0 Å². The van der Waals surface area contributed by atoms with E-state index >= 15 is 0 Å². The Labute approximate surface area is 73.6 Å². The smallest absolute Gasteiger partial charge is 0.0326 e. The third-order valence-corrected chi connectivity index (χ3v) is 2.82. The van der Waals surface area contributed by atoms with Crippen LogP contribution in [0.5, 0.6) is 0 Å². The van der Waals surface area contributed by atoms with Gasteiger partial charge in [-0.05, 0) is 23.8 Å². The van der Waals surface area contributed by atoms with Gasteiger partial charge in [0.15, 0.2) is 0 Å². The quantitative estimate of drug-likeness (QED) is 0.708. The van der Waals surface area contributed by atoms with Gasteiger partial charge >= 0.3 is 0 Å². The highest BCUT2D eigenvalue weighted by Crippen LogP contribution is 2.45. The van der Waals surface area contributed by atoms with E-state index in [0.29, 0.717) is 0 Å². The average Bonchev–Trinajstić information content (AvgIpc) is 2.83. The summed E-state index contributed by atoms with van der Waals surface area (Å²) in [5.41, 5.74) is 7.37. The molecule has 1 aromatic rings. The van der Waals surface area contributed by atoms with Crippen molar-refractivity contribution in [2.45, 2.75) is 19.4 Å². The topological polar surface area (TPSA) is 26.0 Å². The van der Waals surface area contributed by atoms with Crippen molar-refractivity contribution in [2.75, 3.05) is 0 Å². The summed E-state index contributed by atoms with van der Waals surface area (Å²) in [5.74, 6) is 1.56. The van der Waals surface area contributed by atoms with Crippen molar-refractivity contribution in [3.05, 3.63) is 35.9 Å². The lowest BCUT2D eigenvalue weighted by Crippen LogP contribution is -2.12. The van der Waals surface area contributed by atoms with Crippen LogP contribution in [0.3, 0.4) is 0 Å². The van der Waals surface area contributed by atoms with Crippen LogP contribution in [0.1, 0.15) is 24.9 Å². The van der Waals surface area contributed by atoms with Gasteiger partial charge in [0.05, 0.1) is 0 Å². The lowest BCUT2D eigenvalue weighted by molar-refractivity contribution is 0.593. The molecule has 0 amide bonds. The number of nitrogens with two attached hydrogens (primary N) is 1. The second-order valence-electron chi connectivity index (χ2n) is 3.81. The maximum atomic E-state index is 6.09. The summed E-state index contributed by atoms with van der Waals surface area (Å²) in [5, 5.41) is 0. The number of rotatable bonds is 2. The first kappa shape index (κ1) is 7.81. The van der Waals surface area contributed by atoms with E-state index in [9.17, 15) is 0 Å². The van der Waals surface area contributed by atoms with Crippen molar-refractivity contribution in [3.8, 4) is 0 Å². The molecular formula is C11H15N. The minimum atomic E-state index is 0.265. The maximum Gasteiger partial charge on any atom is 0.0326 e. The molecule has 0 heterocycles. The van der Waals surface area contributed by atoms with Gasteiger partial charge in [-0.15, -0.1) is 0 Å². The SMILES string of the molecule is CC1CC1C(N)c1ccccc1. The molecule has 0 aromatic heterocycles. The van der Waals surface area contributed by atoms with Gasteiger partial charge in [-0.25, -0.2) is 0 Å². The summed E-state index contributed by atoms with van der Waals surface area (Å²) in [4.78, 5) is 0. The van der Waals surface area contributed by atoms with E-state index < -0.39 is 0 Å². The molecule has 1 aliphatic rings. The fourth-order valence-electron chi connectivity index (χ4n) is 1.77. The highest BCUT2D eigenvalue weighted by molar-refractivity contribution is 5.20. The molecule has 0 aliphatic heterocycles. The van der Waals surface area contributed by atoms with Crippen molar-refractivity contribution in [3.63, 3.8) is 0 Å². The molecule has 1 saturated carbocycles. The zero-order valence-corrected chi connectivity index (χ0v) is 7.40. The van der Waals surface area contributed by atoms with Crippen molar-refractivity contribution >= 4 is 0 Å². The van der Waals surface area contributed by atoms with Crippen LogP contribution in [0.2, 0.25) is 0 Å². The van der Waals surface area contributed by atoms with Crippen LogP contribution in [0, 0.1) is 11.8 Å². The molecule has 1 fully saturated rings. The Balaban J connectivity index is 2.10. The fourth-order valence-corrected chi connectivity index (χ4v) is 1.77. The molecule has 12 heavy (non-hydrogen) atoms. The van der Waals surface area contributed by atoms with Gasteiger partial charge in [0.2, 0.25) is 0 Å². The van der Waals surface area contributed by atoms with Gasteiger partial charge in [0.1, 0.15) is 0 Å². The molecule has 0 radical (unpaired) electrons. The standard InChI is InChI=1S/C11H15N/c1-8-7-10(8)11(12)9-5-3-2-4-6-9/h2-6,8,10-11H,7,12H2,1H3. The highest BCUT2D eigenvalue weighted by Gasteiger charge is 2.37. The molecule has 0 spiro atoms. The number of hydrogen-bond acceptors (Lipinski definition) is 1. The third kappa shape index (κ3) is 1.37. The van der Waals surface area contributed by atoms with Crippen molar-refractivity contribution in [1.82, 2.24) is 0 Å². The molecular weight excluding hydrogens is 146 g/mol. The first-order valence-electron chi connectivity index (χ1n) is 4.59. The van der Waals surface area contributed by atoms with Crippen LogP contribution in [0.15, 0.2) is 30.3 Å². The monoisotopic (exact) mass is 161 g/mol. The van der Waals surface area contributed by atoms with E-state index in [4.69, 9.17) is 5.73 Å². The van der Waals surface area contributed by atoms with Gasteiger partial charge in [0.25, 0.3) is 0 Å². The Hall–Kier alpha value is -0.820. The first-order valence-corrected chi connectivity index (χ1v) is 4.59. The summed E-state index contributed by atoms with van der Waals surface area (Å²) < 4.78 is 0. The molecule has 1 aromatic carbocycles. The number of benzene rings is 1. The van der Waals surface area contributed by atoms with E-state index in [1.807, 2.05) is 6.07 Å². The number of hydrogen-bond donors (Lipinski definition) is 1. The van der Waals surface area contributed by atoms with E-state index in [0.717, 1.165) is 11.8 Å². The van der Waals surface area contributed by atoms with E-state index in [2.05, 4.69) is 31.2 Å². The molecule has 1 aliphatic carbocycles. The van der Waals surface area contributed by atoms with E-state index in [1.54, 1.807) is 0 Å². The molecule has 3 unspecified atom stereocenters. The highest BCUT2D eigenvalue weighted by atomic mass is 14.7. The molecule has 64 valence electrons. The molecule has 0 saturated heterocycles. The average molecular weight is 161 g/mol. The lowest BCUT2D eigenvalue weighted by atomic mass is 10.0. The van der Waals surface area contributed by atoms with Crippen molar-refractivity contribution < 1.29 is 0 Å². The lowest BCUT2D eigenvalue weighted by Gasteiger charge is -2.10. The summed E-state index contributed by atoms with van der Waals surface area (Å²) in [6, 6.07) is 10.7. The summed E-state index contributed by atoms with van der Waals surface area (Å²) in [6.07, 6.45) is 1.30. The molecule has 2 rings (SSSR count). The fraction of sp³-hybridized carbons (Fsp3) is 0.455. The molecule has 1 heteroatoms. The summed E-state index contributed by atoms with van der Waals surface area (Å²) >= 11 is 0. The second-order valence-corrected chi connectivity index (χ2v) is 3.81. The zero-order valence-electron chi connectivity index (χ0n) is 7.40. The van der Waals surface area contributed by atoms with Gasteiger partial charge < -0.3 is 5.73 Å². The Morgan fingerprint density at radius 2 is 1.92 bits per heavy atom. The van der Waals surface area contributed by atoms with Gasteiger partial charge in [0, 0.05) is 6.04 Å². The van der Waals surface area contributed by atoms with Crippen molar-refractivity contribution in [2.24, 2.45) is 17.6 Å². The van der Waals surface area contributed by atoms with Crippen LogP contribution in [0.25, 0.3) is 0 Å². The van der Waals surface area contributed by atoms with Gasteiger partial charge in [-0.3, -0.25) is 0 Å². The van der Waals surface area contributed by atoms with Crippen molar-refractivity contribution in [1.29, 1.82) is 0 Å². The molecule has 1 nitrogen and oxygen atoms in total. The zero-order chi connectivity index (χ0) is 8.55. The Morgan fingerprint density at radius 3 is 2.42 bits per heavy atom. The van der Waals surface area contributed by atoms with Crippen LogP contribution in [-0.2, 0) is 0 Å². The van der Waals surface area contributed by atoms with Crippen LogP contribution >= 0.6 is 0 Å². The summed E-state index contributed by atoms with van der Waals surface area (Å²) in [6.45, 7) is 2.27. The van der Waals surface area contributed by atoms with E-state index in [-0.39, 0.29) is 6.04 Å². The van der Waals surface area contributed by atoms with Crippen LogP contribution in [0.4, 0.5) is 0 Å². The van der Waals surface area contributed by atoms with Crippen LogP contribution < -0.4 is 5.73 Å². The van der Waals surface area contributed by atoms with Gasteiger partial charge in [-0.2, -0.15) is 0 Å². The Bertz CT molecular complexity index is 255. The van der Waals surface area contributed by atoms with Gasteiger partial charge in [-0.1, -0.05) is 37.3 Å². The molecule has 0 bridgehead atoms. The summed E-state index contributed by atoms with van der Waals surface area (Å²) in [7, 11) is 0. The predicted octanol–water partition coefficient (Wildman–Crippen LogP) is 2.34. The third-order valence-electron chi connectivity index (χ3n) is 2.82.